The monoisotopic (exact) mass is 327 g/mol. The Morgan fingerprint density at radius 3 is 2.70 bits per heavy atom. The van der Waals surface area contributed by atoms with Crippen molar-refractivity contribution in [3.8, 4) is 0 Å². The van der Waals surface area contributed by atoms with Gasteiger partial charge < -0.3 is 20.5 Å². The average molecular weight is 327 g/mol. The number of ether oxygens (including phenoxy) is 1. The number of carbonyl (C=O) groups excluding carboxylic acids is 2. The first kappa shape index (κ1) is 18.2. The molecular formula is C16H29N3O4. The van der Waals surface area contributed by atoms with E-state index in [9.17, 15) is 14.7 Å². The SMILES string of the molecule is CN(CC(N)=O)CC1CN(C(=O)CC2(O)CCCCC2)CCO1. The molecule has 1 unspecified atom stereocenters. The van der Waals surface area contributed by atoms with Crippen molar-refractivity contribution < 1.29 is 19.4 Å². The van der Waals surface area contributed by atoms with E-state index in [1.165, 1.54) is 0 Å². The molecule has 23 heavy (non-hydrogen) atoms. The Morgan fingerprint density at radius 1 is 1.35 bits per heavy atom. The number of likely N-dealkylation sites (N-methyl/N-ethyl adjacent to an activating group) is 1. The van der Waals surface area contributed by atoms with Crippen molar-refractivity contribution in [3.63, 3.8) is 0 Å². The van der Waals surface area contributed by atoms with Crippen molar-refractivity contribution in [2.45, 2.75) is 50.2 Å². The molecule has 0 aromatic rings. The number of hydrogen-bond acceptors (Lipinski definition) is 5. The number of nitrogens with two attached hydrogens (primary N) is 1. The number of morpholine rings is 1. The van der Waals surface area contributed by atoms with Crippen LogP contribution in [0, 0.1) is 0 Å². The van der Waals surface area contributed by atoms with E-state index in [-0.39, 0.29) is 30.9 Å². The summed E-state index contributed by atoms with van der Waals surface area (Å²) in [5, 5.41) is 10.5. The summed E-state index contributed by atoms with van der Waals surface area (Å²) < 4.78 is 5.68. The summed E-state index contributed by atoms with van der Waals surface area (Å²) in [5.41, 5.74) is 4.35. The molecule has 0 aromatic carbocycles. The van der Waals surface area contributed by atoms with E-state index in [1.54, 1.807) is 16.8 Å². The fraction of sp³-hybridized carbons (Fsp3) is 0.875. The van der Waals surface area contributed by atoms with Crippen LogP contribution in [0.3, 0.4) is 0 Å². The Labute approximate surface area is 137 Å². The topological polar surface area (TPSA) is 96.1 Å². The van der Waals surface area contributed by atoms with Crippen LogP contribution in [0.15, 0.2) is 0 Å². The lowest BCUT2D eigenvalue weighted by Gasteiger charge is -2.37. The molecule has 2 amide bonds. The Balaban J connectivity index is 1.82. The molecule has 2 aliphatic rings. The predicted octanol–water partition coefficient (Wildman–Crippen LogP) is -0.284. The summed E-state index contributed by atoms with van der Waals surface area (Å²) in [4.78, 5) is 27.0. The molecule has 1 aliphatic carbocycles. The summed E-state index contributed by atoms with van der Waals surface area (Å²) in [6.07, 6.45) is 4.64. The molecule has 7 heteroatoms. The number of hydrogen-bond donors (Lipinski definition) is 2. The van der Waals surface area contributed by atoms with Gasteiger partial charge in [-0.05, 0) is 19.9 Å². The maximum Gasteiger partial charge on any atom is 0.231 e. The van der Waals surface area contributed by atoms with Crippen molar-refractivity contribution in [3.05, 3.63) is 0 Å². The smallest absolute Gasteiger partial charge is 0.231 e. The van der Waals surface area contributed by atoms with Gasteiger partial charge >= 0.3 is 0 Å². The fourth-order valence-electron chi connectivity index (χ4n) is 3.51. The second kappa shape index (κ2) is 8.08. The van der Waals surface area contributed by atoms with E-state index in [0.717, 1.165) is 19.3 Å². The molecule has 0 radical (unpaired) electrons. The first-order valence-corrected chi connectivity index (χ1v) is 8.46. The van der Waals surface area contributed by atoms with Crippen LogP contribution in [0.2, 0.25) is 0 Å². The van der Waals surface area contributed by atoms with E-state index in [0.29, 0.717) is 39.1 Å². The van der Waals surface area contributed by atoms with Gasteiger partial charge in [-0.25, -0.2) is 0 Å². The minimum atomic E-state index is -0.827. The number of carbonyl (C=O) groups is 2. The lowest BCUT2D eigenvalue weighted by atomic mass is 9.82. The standard InChI is InChI=1S/C16H29N3O4/c1-18(12-14(17)20)10-13-11-19(7-8-23-13)15(21)9-16(22)5-3-2-4-6-16/h13,22H,2-12H2,1H3,(H2,17,20). The second-order valence-corrected chi connectivity index (χ2v) is 6.96. The summed E-state index contributed by atoms with van der Waals surface area (Å²) >= 11 is 0. The zero-order chi connectivity index (χ0) is 16.9. The van der Waals surface area contributed by atoms with Gasteiger partial charge in [0.25, 0.3) is 0 Å². The van der Waals surface area contributed by atoms with Crippen molar-refractivity contribution in [1.29, 1.82) is 0 Å². The highest BCUT2D eigenvalue weighted by atomic mass is 16.5. The first-order chi connectivity index (χ1) is 10.9. The molecule has 1 saturated heterocycles. The lowest BCUT2D eigenvalue weighted by Crippen LogP contribution is -2.51. The Bertz CT molecular complexity index is 424. The van der Waals surface area contributed by atoms with Gasteiger partial charge in [0.15, 0.2) is 0 Å². The van der Waals surface area contributed by atoms with Crippen molar-refractivity contribution >= 4 is 11.8 Å². The van der Waals surface area contributed by atoms with Crippen LogP contribution in [0.5, 0.6) is 0 Å². The zero-order valence-electron chi connectivity index (χ0n) is 14.0. The van der Waals surface area contributed by atoms with Crippen LogP contribution < -0.4 is 5.73 Å². The van der Waals surface area contributed by atoms with Crippen molar-refractivity contribution in [2.24, 2.45) is 5.73 Å². The van der Waals surface area contributed by atoms with E-state index in [1.807, 2.05) is 0 Å². The third-order valence-electron chi connectivity index (χ3n) is 4.70. The minimum absolute atomic E-state index is 0.000235. The van der Waals surface area contributed by atoms with Crippen molar-refractivity contribution in [1.82, 2.24) is 9.80 Å². The highest BCUT2D eigenvalue weighted by Gasteiger charge is 2.34. The maximum atomic E-state index is 12.5. The Hall–Kier alpha value is -1.18. The lowest BCUT2D eigenvalue weighted by molar-refractivity contribution is -0.146. The predicted molar refractivity (Wildman–Crippen MR) is 85.7 cm³/mol. The molecule has 1 heterocycles. The molecule has 7 nitrogen and oxygen atoms in total. The average Bonchev–Trinajstić information content (AvgIpc) is 2.46. The maximum absolute atomic E-state index is 12.5. The largest absolute Gasteiger partial charge is 0.389 e. The van der Waals surface area contributed by atoms with E-state index >= 15 is 0 Å². The molecule has 3 N–H and O–H groups in total. The molecule has 2 fully saturated rings. The molecule has 132 valence electrons. The van der Waals surface area contributed by atoms with Crippen LogP contribution in [0.25, 0.3) is 0 Å². The van der Waals surface area contributed by atoms with Gasteiger partial charge in [0.1, 0.15) is 0 Å². The molecule has 0 bridgehead atoms. The first-order valence-electron chi connectivity index (χ1n) is 8.46. The zero-order valence-corrected chi connectivity index (χ0v) is 14.0. The minimum Gasteiger partial charge on any atom is -0.389 e. The van der Waals surface area contributed by atoms with E-state index < -0.39 is 5.60 Å². The number of amides is 2. The number of rotatable bonds is 6. The number of aliphatic hydroxyl groups is 1. The summed E-state index contributed by atoms with van der Waals surface area (Å²) in [6, 6.07) is 0. The third kappa shape index (κ3) is 5.75. The third-order valence-corrected chi connectivity index (χ3v) is 4.70. The van der Waals surface area contributed by atoms with Gasteiger partial charge in [0.05, 0.1) is 31.3 Å². The highest BCUT2D eigenvalue weighted by molar-refractivity contribution is 5.77. The van der Waals surface area contributed by atoms with Gasteiger partial charge in [-0.2, -0.15) is 0 Å². The van der Waals surface area contributed by atoms with Crippen LogP contribution in [-0.4, -0.2) is 78.3 Å². The molecule has 0 aromatic heterocycles. The Morgan fingerprint density at radius 2 is 2.04 bits per heavy atom. The molecular weight excluding hydrogens is 298 g/mol. The van der Waals surface area contributed by atoms with Crippen molar-refractivity contribution in [2.75, 3.05) is 39.8 Å². The van der Waals surface area contributed by atoms with Gasteiger partial charge in [0.2, 0.25) is 11.8 Å². The fourth-order valence-corrected chi connectivity index (χ4v) is 3.51. The molecule has 0 spiro atoms. The molecule has 1 aliphatic heterocycles. The van der Waals surface area contributed by atoms with Crippen LogP contribution in [0.1, 0.15) is 38.5 Å². The molecule has 1 saturated carbocycles. The molecule has 1 atom stereocenters. The normalized spacial score (nSPS) is 24.7. The summed E-state index contributed by atoms with van der Waals surface area (Å²) in [5.74, 6) is -0.379. The molecule has 2 rings (SSSR count). The van der Waals surface area contributed by atoms with Crippen LogP contribution >= 0.6 is 0 Å². The number of primary amides is 1. The second-order valence-electron chi connectivity index (χ2n) is 6.96. The van der Waals surface area contributed by atoms with Gasteiger partial charge in [-0.15, -0.1) is 0 Å². The summed E-state index contributed by atoms with van der Waals surface area (Å²) in [7, 11) is 1.81. The summed E-state index contributed by atoms with van der Waals surface area (Å²) in [6.45, 7) is 2.27. The van der Waals surface area contributed by atoms with E-state index in [2.05, 4.69) is 0 Å². The van der Waals surface area contributed by atoms with Gasteiger partial charge in [-0.3, -0.25) is 14.5 Å². The highest BCUT2D eigenvalue weighted by Crippen LogP contribution is 2.31. The number of nitrogens with zero attached hydrogens (tertiary/aromatic N) is 2. The van der Waals surface area contributed by atoms with Gasteiger partial charge in [0, 0.05) is 19.6 Å². The van der Waals surface area contributed by atoms with E-state index in [4.69, 9.17) is 10.5 Å². The van der Waals surface area contributed by atoms with Gasteiger partial charge in [-0.1, -0.05) is 19.3 Å². The van der Waals surface area contributed by atoms with Crippen LogP contribution in [-0.2, 0) is 14.3 Å². The quantitative estimate of drug-likeness (QED) is 0.699. The Kier molecular flexibility index (Phi) is 6.38. The van der Waals surface area contributed by atoms with Crippen LogP contribution in [0.4, 0.5) is 0 Å².